The Morgan fingerprint density at radius 1 is 1.35 bits per heavy atom. The Balaban J connectivity index is 2.21. The Morgan fingerprint density at radius 2 is 2.12 bits per heavy atom. The molecule has 0 aromatic heterocycles. The number of nitrogens with one attached hydrogen (secondary N) is 1. The maximum atomic E-state index is 5.73. The van der Waals surface area contributed by atoms with Crippen molar-refractivity contribution in [3.8, 4) is 5.75 Å². The van der Waals surface area contributed by atoms with Gasteiger partial charge in [0.2, 0.25) is 0 Å². The molecule has 94 valence electrons. The lowest BCUT2D eigenvalue weighted by molar-refractivity contribution is 0.238. The molecule has 1 aromatic rings. The van der Waals surface area contributed by atoms with Crippen LogP contribution in [0.3, 0.4) is 0 Å². The molecule has 1 aliphatic heterocycles. The molecule has 17 heavy (non-hydrogen) atoms. The maximum Gasteiger partial charge on any atom is 0.122 e. The Morgan fingerprint density at radius 3 is 2.82 bits per heavy atom. The zero-order valence-electron chi connectivity index (χ0n) is 11.1. The van der Waals surface area contributed by atoms with Gasteiger partial charge in [0.15, 0.2) is 0 Å². The molecule has 2 nitrogen and oxygen atoms in total. The van der Waals surface area contributed by atoms with E-state index in [1.165, 1.54) is 12.0 Å². The van der Waals surface area contributed by atoms with Gasteiger partial charge in [0.25, 0.3) is 0 Å². The Labute approximate surface area is 104 Å². The fourth-order valence-electron chi connectivity index (χ4n) is 2.78. The van der Waals surface area contributed by atoms with Crippen LogP contribution < -0.4 is 10.1 Å². The summed E-state index contributed by atoms with van der Waals surface area (Å²) >= 11 is 0. The van der Waals surface area contributed by atoms with Gasteiger partial charge in [0.1, 0.15) is 5.75 Å². The third kappa shape index (κ3) is 2.81. The van der Waals surface area contributed by atoms with Crippen molar-refractivity contribution >= 4 is 0 Å². The third-order valence-corrected chi connectivity index (χ3v) is 3.59. The highest BCUT2D eigenvalue weighted by atomic mass is 16.5. The van der Waals surface area contributed by atoms with Crippen LogP contribution in [0.2, 0.25) is 0 Å². The maximum absolute atomic E-state index is 5.73. The van der Waals surface area contributed by atoms with Crippen LogP contribution in [-0.2, 0) is 0 Å². The monoisotopic (exact) mass is 233 g/mol. The van der Waals surface area contributed by atoms with Crippen molar-refractivity contribution in [3.05, 3.63) is 29.8 Å². The molecule has 1 N–H and O–H groups in total. The first-order valence-corrected chi connectivity index (χ1v) is 6.61. The summed E-state index contributed by atoms with van der Waals surface area (Å²) in [5.74, 6) is 2.39. The van der Waals surface area contributed by atoms with Crippen LogP contribution in [-0.4, -0.2) is 19.7 Å². The molecule has 2 heteroatoms. The second-order valence-corrected chi connectivity index (χ2v) is 5.31. The summed E-state index contributed by atoms with van der Waals surface area (Å²) in [4.78, 5) is 0. The third-order valence-electron chi connectivity index (χ3n) is 3.59. The second-order valence-electron chi connectivity index (χ2n) is 5.31. The molecule has 2 atom stereocenters. The Bertz CT molecular complexity index is 362. The zero-order valence-corrected chi connectivity index (χ0v) is 11.1. The van der Waals surface area contributed by atoms with Crippen LogP contribution in [0.15, 0.2) is 24.3 Å². The van der Waals surface area contributed by atoms with Gasteiger partial charge in [-0.2, -0.15) is 0 Å². The molecule has 1 aromatic carbocycles. The zero-order chi connectivity index (χ0) is 12.3. The van der Waals surface area contributed by atoms with Crippen molar-refractivity contribution in [2.45, 2.75) is 38.6 Å². The van der Waals surface area contributed by atoms with Gasteiger partial charge in [-0.05, 0) is 37.4 Å². The van der Waals surface area contributed by atoms with Crippen LogP contribution in [0.4, 0.5) is 0 Å². The van der Waals surface area contributed by atoms with E-state index in [0.29, 0.717) is 12.0 Å². The lowest BCUT2D eigenvalue weighted by Crippen LogP contribution is -2.36. The fraction of sp³-hybridized carbons (Fsp3) is 0.600. The quantitative estimate of drug-likeness (QED) is 0.862. The molecule has 0 aliphatic carbocycles. The molecular formula is C15H23NO. The molecular weight excluding hydrogens is 210 g/mol. The van der Waals surface area contributed by atoms with Crippen LogP contribution >= 0.6 is 0 Å². The lowest BCUT2D eigenvalue weighted by Gasteiger charge is -2.33. The van der Waals surface area contributed by atoms with Gasteiger partial charge >= 0.3 is 0 Å². The number of likely N-dealkylation sites (N-methyl/N-ethyl adjacent to an activating group) is 1. The summed E-state index contributed by atoms with van der Waals surface area (Å²) in [7, 11) is 2.07. The highest BCUT2D eigenvalue weighted by Gasteiger charge is 2.28. The summed E-state index contributed by atoms with van der Waals surface area (Å²) in [5.41, 5.74) is 1.37. The Hall–Kier alpha value is -1.02. The largest absolute Gasteiger partial charge is 0.493 e. The van der Waals surface area contributed by atoms with Crippen molar-refractivity contribution in [2.24, 2.45) is 5.92 Å². The highest BCUT2D eigenvalue weighted by molar-refractivity contribution is 5.38. The topological polar surface area (TPSA) is 21.3 Å². The van der Waals surface area contributed by atoms with E-state index < -0.39 is 0 Å². The van der Waals surface area contributed by atoms with Gasteiger partial charge in [0.05, 0.1) is 6.61 Å². The van der Waals surface area contributed by atoms with Crippen LogP contribution in [0, 0.1) is 5.92 Å². The minimum absolute atomic E-state index is 0.556. The summed E-state index contributed by atoms with van der Waals surface area (Å²) in [5, 5.41) is 3.49. The minimum atomic E-state index is 0.556. The van der Waals surface area contributed by atoms with Crippen molar-refractivity contribution in [2.75, 3.05) is 13.7 Å². The molecule has 0 saturated carbocycles. The van der Waals surface area contributed by atoms with Crippen molar-refractivity contribution < 1.29 is 4.74 Å². The van der Waals surface area contributed by atoms with Crippen LogP contribution in [0.5, 0.6) is 5.75 Å². The summed E-state index contributed by atoms with van der Waals surface area (Å²) in [6, 6.07) is 9.02. The molecule has 0 radical (unpaired) electrons. The number of benzene rings is 1. The standard InChI is InChI=1S/C15H23NO/c1-11(2)10-14(16-3)12-8-9-17-15-7-5-4-6-13(12)15/h4-7,11-12,14,16H,8-10H2,1-3H3. The van der Waals surface area contributed by atoms with Gasteiger partial charge in [-0.15, -0.1) is 0 Å². The minimum Gasteiger partial charge on any atom is -0.493 e. The number of rotatable bonds is 4. The van der Waals surface area contributed by atoms with Crippen molar-refractivity contribution in [3.63, 3.8) is 0 Å². The van der Waals surface area contributed by atoms with Gasteiger partial charge in [-0.1, -0.05) is 32.0 Å². The average Bonchev–Trinajstić information content (AvgIpc) is 2.35. The molecule has 0 fully saturated rings. The first kappa shape index (κ1) is 12.4. The number of fused-ring (bicyclic) bond motifs is 1. The number of hydrogen-bond acceptors (Lipinski definition) is 2. The van der Waals surface area contributed by atoms with E-state index in [2.05, 4.69) is 50.5 Å². The molecule has 1 aliphatic rings. The molecule has 2 rings (SSSR count). The molecule has 0 spiro atoms. The normalized spacial score (nSPS) is 20.8. The first-order chi connectivity index (χ1) is 8.22. The second kappa shape index (κ2) is 5.54. The molecule has 1 heterocycles. The molecule has 2 unspecified atom stereocenters. The SMILES string of the molecule is CNC(CC(C)C)C1CCOc2ccccc21. The first-order valence-electron chi connectivity index (χ1n) is 6.61. The van der Waals surface area contributed by atoms with E-state index in [1.54, 1.807) is 0 Å². The van der Waals surface area contributed by atoms with Gasteiger partial charge < -0.3 is 10.1 Å². The van der Waals surface area contributed by atoms with E-state index in [-0.39, 0.29) is 0 Å². The average molecular weight is 233 g/mol. The van der Waals surface area contributed by atoms with E-state index in [1.807, 2.05) is 0 Å². The number of para-hydroxylation sites is 1. The predicted octanol–water partition coefficient (Wildman–Crippen LogP) is 3.19. The smallest absolute Gasteiger partial charge is 0.122 e. The number of ether oxygens (including phenoxy) is 1. The van der Waals surface area contributed by atoms with Crippen LogP contribution in [0.25, 0.3) is 0 Å². The molecule has 0 amide bonds. The predicted molar refractivity (Wildman–Crippen MR) is 71.6 cm³/mol. The van der Waals surface area contributed by atoms with Gasteiger partial charge in [-0.3, -0.25) is 0 Å². The molecule has 0 saturated heterocycles. The van der Waals surface area contributed by atoms with E-state index in [0.717, 1.165) is 24.7 Å². The van der Waals surface area contributed by atoms with E-state index in [9.17, 15) is 0 Å². The molecule has 0 bridgehead atoms. The summed E-state index contributed by atoms with van der Waals surface area (Å²) < 4.78 is 5.73. The van der Waals surface area contributed by atoms with Crippen molar-refractivity contribution in [1.82, 2.24) is 5.32 Å². The lowest BCUT2D eigenvalue weighted by atomic mass is 9.83. The van der Waals surface area contributed by atoms with E-state index in [4.69, 9.17) is 4.74 Å². The van der Waals surface area contributed by atoms with Crippen molar-refractivity contribution in [1.29, 1.82) is 0 Å². The highest BCUT2D eigenvalue weighted by Crippen LogP contribution is 2.36. The van der Waals surface area contributed by atoms with Crippen LogP contribution in [0.1, 0.15) is 38.2 Å². The number of hydrogen-bond donors (Lipinski definition) is 1. The van der Waals surface area contributed by atoms with E-state index >= 15 is 0 Å². The summed E-state index contributed by atoms with van der Waals surface area (Å²) in [6.45, 7) is 5.42. The van der Waals surface area contributed by atoms with Gasteiger partial charge in [-0.25, -0.2) is 0 Å². The Kier molecular flexibility index (Phi) is 4.06. The summed E-state index contributed by atoms with van der Waals surface area (Å²) in [6.07, 6.45) is 2.34. The fourth-order valence-corrected chi connectivity index (χ4v) is 2.78. The van der Waals surface area contributed by atoms with Gasteiger partial charge in [0, 0.05) is 12.0 Å².